The Kier molecular flexibility index (Phi) is 4.86. The predicted octanol–water partition coefficient (Wildman–Crippen LogP) is 3.66. The number of nitrogens with zero attached hydrogens (tertiary/aromatic N) is 2. The van der Waals surface area contributed by atoms with Crippen molar-refractivity contribution < 1.29 is 0 Å². The number of rotatable bonds is 5. The summed E-state index contributed by atoms with van der Waals surface area (Å²) < 4.78 is 1.95. The van der Waals surface area contributed by atoms with E-state index in [2.05, 4.69) is 24.3 Å². The second-order valence-electron chi connectivity index (χ2n) is 4.41. The highest BCUT2D eigenvalue weighted by molar-refractivity contribution is 6.42. The molecule has 102 valence electrons. The minimum Gasteiger partial charge on any atom is -0.313 e. The second kappa shape index (κ2) is 6.42. The van der Waals surface area contributed by atoms with E-state index in [0.29, 0.717) is 16.6 Å². The van der Waals surface area contributed by atoms with Gasteiger partial charge in [-0.1, -0.05) is 42.3 Å². The molecule has 0 amide bonds. The molecular weight excluding hydrogens is 281 g/mol. The molecule has 0 aliphatic heterocycles. The minimum absolute atomic E-state index is 0.580. The molecule has 0 bridgehead atoms. The summed E-state index contributed by atoms with van der Waals surface area (Å²) in [5.41, 5.74) is 3.34. The highest BCUT2D eigenvalue weighted by Gasteiger charge is 2.09. The van der Waals surface area contributed by atoms with E-state index in [1.165, 1.54) is 5.56 Å². The lowest BCUT2D eigenvalue weighted by molar-refractivity contribution is 0.659. The molecular formula is C14H17Cl2N3. The van der Waals surface area contributed by atoms with Crippen LogP contribution in [0.1, 0.15) is 23.7 Å². The van der Waals surface area contributed by atoms with Crippen LogP contribution in [-0.2, 0) is 13.1 Å². The second-order valence-corrected chi connectivity index (χ2v) is 5.19. The minimum atomic E-state index is 0.580. The Labute approximate surface area is 123 Å². The standard InChI is InChI=1S/C14H17Cl2N3/c1-3-17-7-12-8-18-19(10(12)2)9-11-5-4-6-13(15)14(11)16/h4-6,8,17H,3,7,9H2,1-2H3. The first-order valence-corrected chi connectivity index (χ1v) is 7.04. The monoisotopic (exact) mass is 297 g/mol. The molecule has 1 heterocycles. The SMILES string of the molecule is CCNCc1cnn(Cc2cccc(Cl)c2Cl)c1C. The van der Waals surface area contributed by atoms with E-state index in [1.807, 2.05) is 23.0 Å². The van der Waals surface area contributed by atoms with E-state index in [-0.39, 0.29) is 0 Å². The number of hydrogen-bond donors (Lipinski definition) is 1. The van der Waals surface area contributed by atoms with E-state index >= 15 is 0 Å². The molecule has 0 unspecified atom stereocenters. The number of nitrogens with one attached hydrogen (secondary N) is 1. The third-order valence-corrected chi connectivity index (χ3v) is 3.98. The van der Waals surface area contributed by atoms with Gasteiger partial charge >= 0.3 is 0 Å². The van der Waals surface area contributed by atoms with Crippen molar-refractivity contribution in [2.45, 2.75) is 26.9 Å². The number of halogens is 2. The largest absolute Gasteiger partial charge is 0.313 e. The maximum atomic E-state index is 6.20. The normalized spacial score (nSPS) is 10.9. The fourth-order valence-electron chi connectivity index (χ4n) is 1.91. The van der Waals surface area contributed by atoms with Crippen LogP contribution in [0.5, 0.6) is 0 Å². The molecule has 1 aromatic carbocycles. The van der Waals surface area contributed by atoms with Crippen molar-refractivity contribution in [1.29, 1.82) is 0 Å². The molecule has 0 saturated carbocycles. The van der Waals surface area contributed by atoms with Crippen molar-refractivity contribution in [3.63, 3.8) is 0 Å². The summed E-state index contributed by atoms with van der Waals surface area (Å²) in [5.74, 6) is 0. The summed E-state index contributed by atoms with van der Waals surface area (Å²) in [4.78, 5) is 0. The molecule has 3 nitrogen and oxygen atoms in total. The van der Waals surface area contributed by atoms with Gasteiger partial charge in [0.15, 0.2) is 0 Å². The number of hydrogen-bond acceptors (Lipinski definition) is 2. The van der Waals surface area contributed by atoms with E-state index in [9.17, 15) is 0 Å². The highest BCUT2D eigenvalue weighted by Crippen LogP contribution is 2.26. The molecule has 2 rings (SSSR count). The molecule has 0 aliphatic carbocycles. The molecule has 0 spiro atoms. The van der Waals surface area contributed by atoms with Crippen molar-refractivity contribution in [2.24, 2.45) is 0 Å². The van der Waals surface area contributed by atoms with Crippen LogP contribution in [0.4, 0.5) is 0 Å². The van der Waals surface area contributed by atoms with Gasteiger partial charge in [-0.2, -0.15) is 5.10 Å². The lowest BCUT2D eigenvalue weighted by Gasteiger charge is -2.08. The smallest absolute Gasteiger partial charge is 0.0677 e. The fraction of sp³-hybridized carbons (Fsp3) is 0.357. The number of benzene rings is 1. The maximum absolute atomic E-state index is 6.20. The Bertz CT molecular complexity index is 564. The summed E-state index contributed by atoms with van der Waals surface area (Å²) in [6, 6.07) is 5.67. The Balaban J connectivity index is 2.19. The first-order valence-electron chi connectivity index (χ1n) is 6.28. The van der Waals surface area contributed by atoms with E-state index in [0.717, 1.165) is 24.3 Å². The number of aromatic nitrogens is 2. The first kappa shape index (κ1) is 14.4. The summed E-state index contributed by atoms with van der Waals surface area (Å²) in [6.07, 6.45) is 1.90. The molecule has 0 saturated heterocycles. The maximum Gasteiger partial charge on any atom is 0.0677 e. The Morgan fingerprint density at radius 2 is 2.05 bits per heavy atom. The van der Waals surface area contributed by atoms with E-state index < -0.39 is 0 Å². The van der Waals surface area contributed by atoms with Gasteiger partial charge in [0.1, 0.15) is 0 Å². The molecule has 0 radical (unpaired) electrons. The lowest BCUT2D eigenvalue weighted by atomic mass is 10.2. The van der Waals surface area contributed by atoms with Gasteiger partial charge in [0, 0.05) is 17.8 Å². The van der Waals surface area contributed by atoms with Crippen LogP contribution < -0.4 is 5.32 Å². The molecule has 0 atom stereocenters. The quantitative estimate of drug-likeness (QED) is 0.913. The van der Waals surface area contributed by atoms with E-state index in [1.54, 1.807) is 6.07 Å². The first-order chi connectivity index (χ1) is 9.13. The third kappa shape index (κ3) is 3.30. The predicted molar refractivity (Wildman–Crippen MR) is 79.9 cm³/mol. The molecule has 1 aromatic heterocycles. The average Bonchev–Trinajstić information content (AvgIpc) is 2.74. The molecule has 5 heteroatoms. The van der Waals surface area contributed by atoms with Crippen molar-refractivity contribution >= 4 is 23.2 Å². The van der Waals surface area contributed by atoms with Crippen LogP contribution in [-0.4, -0.2) is 16.3 Å². The summed E-state index contributed by atoms with van der Waals surface area (Å²) in [6.45, 7) is 6.58. The van der Waals surface area contributed by atoms with Gasteiger partial charge in [-0.05, 0) is 25.1 Å². The Hall–Kier alpha value is -1.03. The van der Waals surface area contributed by atoms with Gasteiger partial charge in [0.05, 0.1) is 22.8 Å². The van der Waals surface area contributed by atoms with Crippen molar-refractivity contribution in [1.82, 2.24) is 15.1 Å². The van der Waals surface area contributed by atoms with Crippen LogP contribution in [0.25, 0.3) is 0 Å². The summed E-state index contributed by atoms with van der Waals surface area (Å²) >= 11 is 12.2. The van der Waals surface area contributed by atoms with Gasteiger partial charge in [0.25, 0.3) is 0 Å². The molecule has 0 fully saturated rings. The molecule has 19 heavy (non-hydrogen) atoms. The van der Waals surface area contributed by atoms with Crippen LogP contribution in [0.3, 0.4) is 0 Å². The average molecular weight is 298 g/mol. The topological polar surface area (TPSA) is 29.9 Å². The molecule has 2 aromatic rings. The molecule has 1 N–H and O–H groups in total. The Morgan fingerprint density at radius 3 is 2.79 bits per heavy atom. The highest BCUT2D eigenvalue weighted by atomic mass is 35.5. The van der Waals surface area contributed by atoms with Gasteiger partial charge in [-0.15, -0.1) is 0 Å². The van der Waals surface area contributed by atoms with Crippen LogP contribution in [0.15, 0.2) is 24.4 Å². The fourth-order valence-corrected chi connectivity index (χ4v) is 2.29. The van der Waals surface area contributed by atoms with Gasteiger partial charge in [-0.3, -0.25) is 4.68 Å². The van der Waals surface area contributed by atoms with Gasteiger partial charge < -0.3 is 5.32 Å². The Morgan fingerprint density at radius 1 is 1.26 bits per heavy atom. The summed E-state index contributed by atoms with van der Waals surface area (Å²) in [5, 5.41) is 8.90. The summed E-state index contributed by atoms with van der Waals surface area (Å²) in [7, 11) is 0. The lowest BCUT2D eigenvalue weighted by Crippen LogP contribution is -2.12. The van der Waals surface area contributed by atoms with Crippen LogP contribution in [0, 0.1) is 6.92 Å². The van der Waals surface area contributed by atoms with E-state index in [4.69, 9.17) is 23.2 Å². The van der Waals surface area contributed by atoms with Gasteiger partial charge in [-0.25, -0.2) is 0 Å². The van der Waals surface area contributed by atoms with Crippen molar-refractivity contribution in [2.75, 3.05) is 6.54 Å². The zero-order valence-electron chi connectivity index (χ0n) is 11.1. The van der Waals surface area contributed by atoms with Crippen molar-refractivity contribution in [3.8, 4) is 0 Å². The van der Waals surface area contributed by atoms with Crippen LogP contribution in [0.2, 0.25) is 10.0 Å². The van der Waals surface area contributed by atoms with Crippen LogP contribution >= 0.6 is 23.2 Å². The van der Waals surface area contributed by atoms with Gasteiger partial charge in [0.2, 0.25) is 0 Å². The van der Waals surface area contributed by atoms with Crippen molar-refractivity contribution in [3.05, 3.63) is 51.3 Å². The molecule has 0 aliphatic rings. The zero-order valence-corrected chi connectivity index (χ0v) is 12.6. The third-order valence-electron chi connectivity index (χ3n) is 3.12. The zero-order chi connectivity index (χ0) is 13.8.